The summed E-state index contributed by atoms with van der Waals surface area (Å²) in [6.45, 7) is 1.89. The largest absolute Gasteiger partial charge is 0.386 e. The molecule has 0 radical (unpaired) electrons. The molecular weight excluding hydrogens is 192 g/mol. The van der Waals surface area contributed by atoms with E-state index in [0.717, 1.165) is 25.9 Å². The lowest BCUT2D eigenvalue weighted by Gasteiger charge is -2.26. The van der Waals surface area contributed by atoms with Gasteiger partial charge in [-0.3, -0.25) is 5.41 Å². The van der Waals surface area contributed by atoms with E-state index in [9.17, 15) is 4.79 Å². The molecule has 1 heterocycles. The van der Waals surface area contributed by atoms with Crippen LogP contribution in [0.2, 0.25) is 0 Å². The Balaban J connectivity index is 2.46. The molecule has 1 saturated heterocycles. The number of hydrogen-bond donors (Lipinski definition) is 2. The predicted octanol–water partition coefficient (Wildman–Crippen LogP) is 0.850. The van der Waals surface area contributed by atoms with Crippen LogP contribution in [0.25, 0.3) is 0 Å². The molecule has 15 heavy (non-hydrogen) atoms. The van der Waals surface area contributed by atoms with Crippen LogP contribution in [-0.2, 0) is 0 Å². The maximum Gasteiger partial charge on any atom is 0.320 e. The van der Waals surface area contributed by atoms with Crippen LogP contribution in [-0.4, -0.2) is 48.3 Å². The third kappa shape index (κ3) is 3.77. The number of nitrogens with one attached hydrogen (secondary N) is 1. The van der Waals surface area contributed by atoms with E-state index < -0.39 is 0 Å². The van der Waals surface area contributed by atoms with Crippen molar-refractivity contribution in [2.45, 2.75) is 25.7 Å². The first-order chi connectivity index (χ1) is 7.11. The van der Waals surface area contributed by atoms with Gasteiger partial charge >= 0.3 is 6.03 Å². The van der Waals surface area contributed by atoms with Gasteiger partial charge in [0.25, 0.3) is 0 Å². The maximum atomic E-state index is 11.9. The quantitative estimate of drug-likeness (QED) is 0.526. The summed E-state index contributed by atoms with van der Waals surface area (Å²) >= 11 is 0. The molecule has 5 heteroatoms. The summed E-state index contributed by atoms with van der Waals surface area (Å²) in [5.41, 5.74) is 5.26. The van der Waals surface area contributed by atoms with E-state index in [0.29, 0.717) is 0 Å². The molecule has 0 spiro atoms. The zero-order chi connectivity index (χ0) is 11.3. The fourth-order valence-corrected chi connectivity index (χ4v) is 1.83. The molecule has 0 aromatic heterocycles. The second kappa shape index (κ2) is 5.58. The van der Waals surface area contributed by atoms with E-state index in [1.165, 1.54) is 17.7 Å². The van der Waals surface area contributed by atoms with Gasteiger partial charge in [0.1, 0.15) is 5.84 Å². The Morgan fingerprint density at radius 3 is 2.33 bits per heavy atom. The van der Waals surface area contributed by atoms with E-state index >= 15 is 0 Å². The molecule has 1 rings (SSSR count). The fraction of sp³-hybridized carbons (Fsp3) is 0.800. The summed E-state index contributed by atoms with van der Waals surface area (Å²) in [5, 5.41) is 7.14. The van der Waals surface area contributed by atoms with Crippen LogP contribution in [0.1, 0.15) is 25.7 Å². The Morgan fingerprint density at radius 2 is 1.87 bits per heavy atom. The topological polar surface area (TPSA) is 73.4 Å². The molecule has 0 unspecified atom stereocenters. The summed E-state index contributed by atoms with van der Waals surface area (Å²) in [5.74, 6) is 0.0284. The third-order valence-electron chi connectivity index (χ3n) is 2.61. The molecule has 1 aliphatic heterocycles. The maximum absolute atomic E-state index is 11.9. The highest BCUT2D eigenvalue weighted by molar-refractivity contribution is 5.84. The third-order valence-corrected chi connectivity index (χ3v) is 2.61. The number of nitrogens with two attached hydrogens (primary N) is 1. The summed E-state index contributed by atoms with van der Waals surface area (Å²) < 4.78 is 0. The highest BCUT2D eigenvalue weighted by atomic mass is 16.2. The summed E-state index contributed by atoms with van der Waals surface area (Å²) in [6, 6.07) is -0.00731. The van der Waals surface area contributed by atoms with Crippen molar-refractivity contribution in [3.8, 4) is 0 Å². The molecule has 0 bridgehead atoms. The van der Waals surface area contributed by atoms with Crippen molar-refractivity contribution < 1.29 is 4.79 Å². The van der Waals surface area contributed by atoms with Crippen molar-refractivity contribution in [1.29, 1.82) is 5.41 Å². The minimum Gasteiger partial charge on any atom is -0.386 e. The Morgan fingerprint density at radius 1 is 1.33 bits per heavy atom. The molecule has 86 valence electrons. The SMILES string of the molecule is CN(CC(=N)N)C(=O)N1CCCCCC1. The second-order valence-electron chi connectivity index (χ2n) is 4.07. The number of rotatable bonds is 2. The zero-order valence-electron chi connectivity index (χ0n) is 9.33. The molecule has 0 aliphatic carbocycles. The Hall–Kier alpha value is -1.26. The van der Waals surface area contributed by atoms with E-state index in [1.54, 1.807) is 7.05 Å². The molecule has 0 aromatic carbocycles. The van der Waals surface area contributed by atoms with Gasteiger partial charge in [-0.1, -0.05) is 12.8 Å². The van der Waals surface area contributed by atoms with Gasteiger partial charge < -0.3 is 15.5 Å². The van der Waals surface area contributed by atoms with Crippen LogP contribution < -0.4 is 5.73 Å². The predicted molar refractivity (Wildman–Crippen MR) is 60.0 cm³/mol. The van der Waals surface area contributed by atoms with E-state index in [4.69, 9.17) is 11.1 Å². The first-order valence-corrected chi connectivity index (χ1v) is 5.44. The minimum atomic E-state index is -0.00731. The number of hydrogen-bond acceptors (Lipinski definition) is 2. The molecule has 1 fully saturated rings. The van der Waals surface area contributed by atoms with Crippen LogP contribution in [0.3, 0.4) is 0 Å². The lowest BCUT2D eigenvalue weighted by molar-refractivity contribution is 0.169. The molecule has 5 nitrogen and oxygen atoms in total. The van der Waals surface area contributed by atoms with Gasteiger partial charge in [-0.05, 0) is 12.8 Å². The average molecular weight is 212 g/mol. The van der Waals surface area contributed by atoms with Gasteiger partial charge in [0.05, 0.1) is 6.54 Å². The van der Waals surface area contributed by atoms with Gasteiger partial charge in [-0.15, -0.1) is 0 Å². The van der Waals surface area contributed by atoms with Gasteiger partial charge in [-0.2, -0.15) is 0 Å². The van der Waals surface area contributed by atoms with Gasteiger partial charge in [0.2, 0.25) is 0 Å². The monoisotopic (exact) mass is 212 g/mol. The van der Waals surface area contributed by atoms with Crippen molar-refractivity contribution >= 4 is 11.9 Å². The van der Waals surface area contributed by atoms with Crippen LogP contribution in [0.5, 0.6) is 0 Å². The van der Waals surface area contributed by atoms with E-state index in [1.807, 2.05) is 4.90 Å². The molecule has 0 atom stereocenters. The number of amides is 2. The number of likely N-dealkylation sites (tertiary alicyclic amines) is 1. The van der Waals surface area contributed by atoms with E-state index in [2.05, 4.69) is 0 Å². The highest BCUT2D eigenvalue weighted by Crippen LogP contribution is 2.10. The number of nitrogens with zero attached hydrogens (tertiary/aromatic N) is 2. The Bertz CT molecular complexity index is 234. The first kappa shape index (κ1) is 11.8. The standard InChI is InChI=1S/C10H20N4O/c1-13(8-9(11)12)10(15)14-6-4-2-3-5-7-14/h2-8H2,1H3,(H3,11,12). The van der Waals surface area contributed by atoms with Crippen LogP contribution in [0.15, 0.2) is 0 Å². The van der Waals surface area contributed by atoms with Gasteiger partial charge in [0.15, 0.2) is 0 Å². The zero-order valence-corrected chi connectivity index (χ0v) is 9.33. The summed E-state index contributed by atoms with van der Waals surface area (Å²) in [6.07, 6.45) is 4.58. The molecule has 3 N–H and O–H groups in total. The molecule has 0 saturated carbocycles. The number of amidine groups is 1. The summed E-state index contributed by atoms with van der Waals surface area (Å²) in [7, 11) is 1.69. The molecule has 1 aliphatic rings. The van der Waals surface area contributed by atoms with Crippen molar-refractivity contribution in [3.63, 3.8) is 0 Å². The van der Waals surface area contributed by atoms with Crippen LogP contribution >= 0.6 is 0 Å². The van der Waals surface area contributed by atoms with Crippen LogP contribution in [0, 0.1) is 5.41 Å². The molecular formula is C10H20N4O. The number of carbonyl (C=O) groups excluding carboxylic acids is 1. The number of carbonyl (C=O) groups is 1. The smallest absolute Gasteiger partial charge is 0.320 e. The summed E-state index contributed by atoms with van der Waals surface area (Å²) in [4.78, 5) is 15.3. The molecule has 2 amide bonds. The lowest BCUT2D eigenvalue weighted by atomic mass is 10.2. The minimum absolute atomic E-state index is 0.00731. The van der Waals surface area contributed by atoms with Crippen molar-refractivity contribution in [2.75, 3.05) is 26.7 Å². The van der Waals surface area contributed by atoms with Gasteiger partial charge in [-0.25, -0.2) is 4.79 Å². The number of likely N-dealkylation sites (N-methyl/N-ethyl adjacent to an activating group) is 1. The average Bonchev–Trinajstić information content (AvgIpc) is 2.43. The highest BCUT2D eigenvalue weighted by Gasteiger charge is 2.19. The number of urea groups is 1. The molecule has 0 aromatic rings. The van der Waals surface area contributed by atoms with Crippen molar-refractivity contribution in [1.82, 2.24) is 9.80 Å². The fourth-order valence-electron chi connectivity index (χ4n) is 1.83. The van der Waals surface area contributed by atoms with Crippen molar-refractivity contribution in [3.05, 3.63) is 0 Å². The van der Waals surface area contributed by atoms with Crippen LogP contribution in [0.4, 0.5) is 4.79 Å². The van der Waals surface area contributed by atoms with E-state index in [-0.39, 0.29) is 18.4 Å². The Labute approximate surface area is 90.7 Å². The van der Waals surface area contributed by atoms with Crippen molar-refractivity contribution in [2.24, 2.45) is 5.73 Å². The normalized spacial score (nSPS) is 17.0. The first-order valence-electron chi connectivity index (χ1n) is 5.44. The lowest BCUT2D eigenvalue weighted by Crippen LogP contribution is -2.44. The Kier molecular flexibility index (Phi) is 4.39. The second-order valence-corrected chi connectivity index (χ2v) is 4.07. The van der Waals surface area contributed by atoms with Gasteiger partial charge in [0, 0.05) is 20.1 Å².